The molecule has 3 rings (SSSR count). The minimum Gasteiger partial charge on any atom is -0.266 e. The molecule has 5 nitrogen and oxygen atoms in total. The Morgan fingerprint density at radius 3 is 2.94 bits per heavy atom. The fraction of sp³-hybridized carbons (Fsp3) is 0.0909. The SMILES string of the molecule is Cc1nn2c(=O)/c(=C\c3cccs3)sc2nc1=O. The summed E-state index contributed by atoms with van der Waals surface area (Å²) in [5.41, 5.74) is -0.400. The number of nitrogens with zero attached hydrogens (tertiary/aromatic N) is 3. The molecular weight excluding hydrogens is 270 g/mol. The van der Waals surface area contributed by atoms with Crippen LogP contribution >= 0.6 is 22.7 Å². The van der Waals surface area contributed by atoms with Crippen LogP contribution in [0.4, 0.5) is 0 Å². The summed E-state index contributed by atoms with van der Waals surface area (Å²) in [6, 6.07) is 3.84. The molecule has 0 aliphatic carbocycles. The third kappa shape index (κ3) is 1.77. The Bertz CT molecular complexity index is 878. The van der Waals surface area contributed by atoms with E-state index in [1.54, 1.807) is 24.3 Å². The molecule has 3 aromatic heterocycles. The minimum absolute atomic E-state index is 0.227. The molecular formula is C11H7N3O2S2. The van der Waals surface area contributed by atoms with E-state index in [1.165, 1.54) is 15.9 Å². The Labute approximate surface area is 109 Å². The number of hydrogen-bond acceptors (Lipinski definition) is 6. The molecule has 0 N–H and O–H groups in total. The molecule has 0 bridgehead atoms. The largest absolute Gasteiger partial charge is 0.295 e. The summed E-state index contributed by atoms with van der Waals surface area (Å²) in [5, 5.41) is 5.89. The van der Waals surface area contributed by atoms with Crippen LogP contribution in [0.3, 0.4) is 0 Å². The summed E-state index contributed by atoms with van der Waals surface area (Å²) in [5.74, 6) is 0. The highest BCUT2D eigenvalue weighted by atomic mass is 32.1. The first-order chi connectivity index (χ1) is 8.65. The van der Waals surface area contributed by atoms with Crippen LogP contribution in [0.15, 0.2) is 27.1 Å². The van der Waals surface area contributed by atoms with Crippen LogP contribution < -0.4 is 15.7 Å². The van der Waals surface area contributed by atoms with Gasteiger partial charge in [0, 0.05) is 4.88 Å². The van der Waals surface area contributed by atoms with Crippen LogP contribution in [-0.4, -0.2) is 14.6 Å². The molecule has 0 unspecified atom stereocenters. The lowest BCUT2D eigenvalue weighted by atomic mass is 10.4. The van der Waals surface area contributed by atoms with E-state index in [9.17, 15) is 9.59 Å². The standard InChI is InChI=1S/C11H7N3O2S2/c1-6-9(15)12-11-14(13-6)10(16)8(18-11)5-7-3-2-4-17-7/h2-5H,1H3/b8-5+. The average molecular weight is 277 g/mol. The molecule has 0 aromatic carbocycles. The summed E-state index contributed by atoms with van der Waals surface area (Å²) >= 11 is 2.72. The van der Waals surface area contributed by atoms with Crippen LogP contribution in [0.2, 0.25) is 0 Å². The van der Waals surface area contributed by atoms with E-state index in [0.29, 0.717) is 9.49 Å². The number of aromatic nitrogens is 3. The van der Waals surface area contributed by atoms with Crippen molar-refractivity contribution < 1.29 is 0 Å². The van der Waals surface area contributed by atoms with Crippen molar-refractivity contribution in [3.8, 4) is 0 Å². The van der Waals surface area contributed by atoms with Gasteiger partial charge in [0.15, 0.2) is 0 Å². The van der Waals surface area contributed by atoms with Gasteiger partial charge in [-0.25, -0.2) is 0 Å². The van der Waals surface area contributed by atoms with Gasteiger partial charge >= 0.3 is 0 Å². The number of aryl methyl sites for hydroxylation is 1. The fourth-order valence-electron chi connectivity index (χ4n) is 1.49. The van der Waals surface area contributed by atoms with Crippen LogP contribution in [-0.2, 0) is 0 Å². The molecule has 0 spiro atoms. The smallest absolute Gasteiger partial charge is 0.266 e. The van der Waals surface area contributed by atoms with Crippen LogP contribution in [0.5, 0.6) is 0 Å². The first kappa shape index (κ1) is 11.2. The lowest BCUT2D eigenvalue weighted by molar-refractivity contribution is 0.833. The summed E-state index contributed by atoms with van der Waals surface area (Å²) < 4.78 is 1.71. The summed E-state index contributed by atoms with van der Waals surface area (Å²) in [7, 11) is 0. The average Bonchev–Trinajstić information content (AvgIpc) is 2.93. The maximum Gasteiger partial charge on any atom is 0.295 e. The molecule has 0 fully saturated rings. The Balaban J connectivity index is 2.37. The summed E-state index contributed by atoms with van der Waals surface area (Å²) in [6.07, 6.45) is 1.79. The van der Waals surface area contributed by atoms with E-state index in [0.717, 1.165) is 4.88 Å². The van der Waals surface area contributed by atoms with E-state index in [1.807, 2.05) is 17.5 Å². The maximum atomic E-state index is 12.1. The highest BCUT2D eigenvalue weighted by Gasteiger charge is 2.08. The number of thiophene rings is 1. The topological polar surface area (TPSA) is 64.3 Å². The van der Waals surface area contributed by atoms with E-state index in [2.05, 4.69) is 10.1 Å². The first-order valence-electron chi connectivity index (χ1n) is 5.11. The number of fused-ring (bicyclic) bond motifs is 1. The predicted molar refractivity (Wildman–Crippen MR) is 71.2 cm³/mol. The predicted octanol–water partition coefficient (Wildman–Crippen LogP) is 0.429. The summed E-state index contributed by atoms with van der Waals surface area (Å²) in [6.45, 7) is 1.54. The van der Waals surface area contributed by atoms with Gasteiger partial charge in [-0.3, -0.25) is 9.59 Å². The Kier molecular flexibility index (Phi) is 2.57. The van der Waals surface area contributed by atoms with Gasteiger partial charge < -0.3 is 0 Å². The second kappa shape index (κ2) is 4.11. The van der Waals surface area contributed by atoms with E-state index >= 15 is 0 Å². The van der Waals surface area contributed by atoms with Crippen molar-refractivity contribution in [2.24, 2.45) is 0 Å². The van der Waals surface area contributed by atoms with E-state index in [4.69, 9.17) is 0 Å². The molecule has 3 heterocycles. The molecule has 3 aromatic rings. The lowest BCUT2D eigenvalue weighted by Gasteiger charge is -1.89. The van der Waals surface area contributed by atoms with Crippen molar-refractivity contribution >= 4 is 33.7 Å². The van der Waals surface area contributed by atoms with Gasteiger partial charge in [-0.15, -0.1) is 11.3 Å². The molecule has 0 aliphatic rings. The van der Waals surface area contributed by atoms with E-state index in [-0.39, 0.29) is 16.8 Å². The zero-order valence-electron chi connectivity index (χ0n) is 9.28. The molecule has 0 radical (unpaired) electrons. The highest BCUT2D eigenvalue weighted by Crippen LogP contribution is 2.09. The van der Waals surface area contributed by atoms with Crippen molar-refractivity contribution in [1.29, 1.82) is 0 Å². The molecule has 7 heteroatoms. The normalized spacial score (nSPS) is 12.4. The molecule has 18 heavy (non-hydrogen) atoms. The zero-order chi connectivity index (χ0) is 12.7. The third-order valence-electron chi connectivity index (χ3n) is 2.36. The summed E-state index contributed by atoms with van der Waals surface area (Å²) in [4.78, 5) is 28.6. The maximum absolute atomic E-state index is 12.1. The Morgan fingerprint density at radius 1 is 1.39 bits per heavy atom. The number of hydrogen-bond donors (Lipinski definition) is 0. The van der Waals surface area contributed by atoms with Gasteiger partial charge in [0.1, 0.15) is 5.69 Å². The van der Waals surface area contributed by atoms with Crippen molar-refractivity contribution in [3.05, 3.63) is 53.3 Å². The molecule has 0 atom stereocenters. The first-order valence-corrected chi connectivity index (χ1v) is 6.80. The van der Waals surface area contributed by atoms with Gasteiger partial charge in [-0.2, -0.15) is 14.6 Å². The van der Waals surface area contributed by atoms with Gasteiger partial charge in [-0.05, 0) is 24.4 Å². The van der Waals surface area contributed by atoms with E-state index < -0.39 is 0 Å². The zero-order valence-corrected chi connectivity index (χ0v) is 10.9. The molecule has 0 amide bonds. The third-order valence-corrected chi connectivity index (χ3v) is 4.14. The Hall–Kier alpha value is -1.86. The van der Waals surface area contributed by atoms with Gasteiger partial charge in [-0.1, -0.05) is 17.4 Å². The lowest BCUT2D eigenvalue weighted by Crippen LogP contribution is -2.26. The molecule has 0 saturated carbocycles. The fourth-order valence-corrected chi connectivity index (χ4v) is 3.12. The van der Waals surface area contributed by atoms with Crippen molar-refractivity contribution in [3.63, 3.8) is 0 Å². The molecule has 90 valence electrons. The monoisotopic (exact) mass is 277 g/mol. The van der Waals surface area contributed by atoms with Crippen molar-refractivity contribution in [2.45, 2.75) is 6.92 Å². The quantitative estimate of drug-likeness (QED) is 0.647. The van der Waals surface area contributed by atoms with Crippen molar-refractivity contribution in [1.82, 2.24) is 14.6 Å². The van der Waals surface area contributed by atoms with Crippen LogP contribution in [0.1, 0.15) is 10.6 Å². The van der Waals surface area contributed by atoms with Crippen molar-refractivity contribution in [2.75, 3.05) is 0 Å². The van der Waals surface area contributed by atoms with Gasteiger partial charge in [0.05, 0.1) is 4.53 Å². The van der Waals surface area contributed by atoms with Crippen LogP contribution in [0, 0.1) is 6.92 Å². The molecule has 0 aliphatic heterocycles. The second-order valence-corrected chi connectivity index (χ2v) is 5.62. The number of thiazole rings is 1. The second-order valence-electron chi connectivity index (χ2n) is 3.63. The molecule has 0 saturated heterocycles. The van der Waals surface area contributed by atoms with Crippen LogP contribution in [0.25, 0.3) is 11.0 Å². The number of rotatable bonds is 1. The van der Waals surface area contributed by atoms with Gasteiger partial charge in [0.25, 0.3) is 11.1 Å². The Morgan fingerprint density at radius 2 is 2.22 bits per heavy atom. The minimum atomic E-state index is -0.390. The highest BCUT2D eigenvalue weighted by molar-refractivity contribution is 7.15. The van der Waals surface area contributed by atoms with Gasteiger partial charge in [0.2, 0.25) is 4.96 Å².